The summed E-state index contributed by atoms with van der Waals surface area (Å²) in [6.07, 6.45) is 25.3. The van der Waals surface area contributed by atoms with E-state index in [4.69, 9.17) is 18.9 Å². The third-order valence-electron chi connectivity index (χ3n) is 8.01. The van der Waals surface area contributed by atoms with Crippen LogP contribution in [0.1, 0.15) is 155 Å². The third-order valence-corrected chi connectivity index (χ3v) is 8.01. The van der Waals surface area contributed by atoms with E-state index in [2.05, 4.69) is 26.0 Å². The van der Waals surface area contributed by atoms with E-state index in [1.165, 1.54) is 64.2 Å². The zero-order valence-corrected chi connectivity index (χ0v) is 30.9. The summed E-state index contributed by atoms with van der Waals surface area (Å²) in [6, 6.07) is 0. The maximum atomic E-state index is 12.6. The number of rotatable bonds is 34. The van der Waals surface area contributed by atoms with Crippen molar-refractivity contribution >= 4 is 17.9 Å². The Morgan fingerprint density at radius 1 is 0.617 bits per heavy atom. The van der Waals surface area contributed by atoms with Gasteiger partial charge in [-0.25, -0.2) is 0 Å². The van der Waals surface area contributed by atoms with Crippen LogP contribution in [-0.4, -0.2) is 82.3 Å². The molecule has 0 bridgehead atoms. The number of quaternary nitrogens is 1. The van der Waals surface area contributed by atoms with Crippen LogP contribution in [0.3, 0.4) is 0 Å². The monoisotopic (exact) mass is 670 g/mol. The topological polar surface area (TPSA) is 111 Å². The van der Waals surface area contributed by atoms with Crippen LogP contribution < -0.4 is 5.11 Å². The summed E-state index contributed by atoms with van der Waals surface area (Å²) < 4.78 is 22.4. The minimum absolute atomic E-state index is 0.149. The van der Waals surface area contributed by atoms with Gasteiger partial charge in [-0.2, -0.15) is 0 Å². The fourth-order valence-electron chi connectivity index (χ4n) is 4.98. The molecule has 0 N–H and O–H groups in total. The molecule has 0 heterocycles. The molecular weight excluding hydrogens is 598 g/mol. The van der Waals surface area contributed by atoms with Crippen molar-refractivity contribution in [3.05, 3.63) is 12.2 Å². The second-order valence-electron chi connectivity index (χ2n) is 13.9. The molecule has 2 atom stereocenters. The highest BCUT2D eigenvalue weighted by Crippen LogP contribution is 2.13. The van der Waals surface area contributed by atoms with Gasteiger partial charge in [0, 0.05) is 12.8 Å². The number of carbonyl (C=O) groups excluding carboxylic acids is 3. The van der Waals surface area contributed by atoms with Crippen LogP contribution >= 0.6 is 0 Å². The van der Waals surface area contributed by atoms with Crippen LogP contribution in [0.5, 0.6) is 0 Å². The van der Waals surface area contributed by atoms with Crippen LogP contribution in [0.2, 0.25) is 0 Å². The highest BCUT2D eigenvalue weighted by atomic mass is 16.7. The average molecular weight is 670 g/mol. The van der Waals surface area contributed by atoms with Crippen molar-refractivity contribution < 1.29 is 42.9 Å². The number of carbonyl (C=O) groups is 3. The van der Waals surface area contributed by atoms with Gasteiger partial charge in [-0.05, 0) is 32.1 Å². The third kappa shape index (κ3) is 32.4. The largest absolute Gasteiger partial charge is 0.545 e. The SMILES string of the molecule is CCCC/C=C\CCCCCCCC(=O)OC(COC(=O)CCCCCCCCCCCCC)COC(OCC[N+](C)(C)C)C(=O)[O-]. The Morgan fingerprint density at radius 3 is 1.64 bits per heavy atom. The van der Waals surface area contributed by atoms with Gasteiger partial charge >= 0.3 is 11.9 Å². The average Bonchev–Trinajstić information content (AvgIpc) is 3.02. The fraction of sp³-hybridized carbons (Fsp3) is 0.868. The first kappa shape index (κ1) is 45.0. The van der Waals surface area contributed by atoms with Crippen molar-refractivity contribution in [1.29, 1.82) is 0 Å². The lowest BCUT2D eigenvalue weighted by Gasteiger charge is -2.26. The Bertz CT molecular complexity index is 795. The maximum Gasteiger partial charge on any atom is 0.306 e. The summed E-state index contributed by atoms with van der Waals surface area (Å²) in [5.74, 6) is -2.30. The molecule has 0 amide bonds. The van der Waals surface area contributed by atoms with Crippen LogP contribution in [0.25, 0.3) is 0 Å². The molecule has 0 aliphatic carbocycles. The first-order valence-electron chi connectivity index (χ1n) is 18.8. The molecule has 0 radical (unpaired) electrons. The lowest BCUT2D eigenvalue weighted by atomic mass is 10.1. The van der Waals surface area contributed by atoms with Gasteiger partial charge in [-0.15, -0.1) is 0 Å². The first-order valence-corrected chi connectivity index (χ1v) is 18.8. The number of unbranched alkanes of at least 4 members (excludes halogenated alkanes) is 17. The summed E-state index contributed by atoms with van der Waals surface area (Å²) in [4.78, 5) is 36.6. The first-order chi connectivity index (χ1) is 22.6. The van der Waals surface area contributed by atoms with Crippen molar-refractivity contribution in [2.75, 3.05) is 47.5 Å². The smallest absolute Gasteiger partial charge is 0.306 e. The van der Waals surface area contributed by atoms with Crippen LogP contribution in [0.4, 0.5) is 0 Å². The predicted molar refractivity (Wildman–Crippen MR) is 186 cm³/mol. The number of esters is 2. The second kappa shape index (κ2) is 31.3. The van der Waals surface area contributed by atoms with E-state index in [1.54, 1.807) is 0 Å². The van der Waals surface area contributed by atoms with Gasteiger partial charge in [0.1, 0.15) is 13.2 Å². The molecule has 0 rings (SSSR count). The lowest BCUT2D eigenvalue weighted by molar-refractivity contribution is -0.870. The Balaban J connectivity index is 4.56. The molecule has 0 saturated carbocycles. The zero-order valence-electron chi connectivity index (χ0n) is 30.9. The summed E-state index contributed by atoms with van der Waals surface area (Å²) in [5.41, 5.74) is 0. The molecule has 0 spiro atoms. The molecule has 276 valence electrons. The summed E-state index contributed by atoms with van der Waals surface area (Å²) >= 11 is 0. The van der Waals surface area contributed by atoms with E-state index in [1.807, 2.05) is 21.1 Å². The van der Waals surface area contributed by atoms with Gasteiger partial charge in [0.15, 0.2) is 12.4 Å². The van der Waals surface area contributed by atoms with Gasteiger partial charge in [0.25, 0.3) is 0 Å². The minimum Gasteiger partial charge on any atom is -0.545 e. The summed E-state index contributed by atoms with van der Waals surface area (Å²) in [7, 11) is 5.89. The number of carboxylic acid groups (broad SMARTS) is 1. The molecule has 0 fully saturated rings. The standard InChI is InChI=1S/C38H71NO8/c1-6-8-10-12-14-16-18-20-22-24-26-28-35(40)45-32-34(33-46-38(37(42)43)44-31-30-39(3,4)5)47-36(41)29-27-25-23-21-19-17-15-13-11-9-7-2/h13,15,34,38H,6-12,14,16-33H2,1-5H3/b15-13-. The molecule has 9 heteroatoms. The van der Waals surface area contributed by atoms with E-state index in [0.29, 0.717) is 23.9 Å². The van der Waals surface area contributed by atoms with Crippen molar-refractivity contribution in [2.45, 2.75) is 167 Å². The molecule has 47 heavy (non-hydrogen) atoms. The van der Waals surface area contributed by atoms with E-state index in [0.717, 1.165) is 57.8 Å². The number of hydrogen-bond donors (Lipinski definition) is 0. The van der Waals surface area contributed by atoms with Crippen LogP contribution in [0.15, 0.2) is 12.2 Å². The van der Waals surface area contributed by atoms with Crippen LogP contribution in [-0.2, 0) is 33.3 Å². The number of nitrogens with zero attached hydrogens (tertiary/aromatic N) is 1. The zero-order chi connectivity index (χ0) is 35.0. The van der Waals surface area contributed by atoms with Crippen molar-refractivity contribution in [3.63, 3.8) is 0 Å². The maximum absolute atomic E-state index is 12.6. The number of likely N-dealkylation sites (N-methyl/N-ethyl adjacent to an activating group) is 1. The van der Waals surface area contributed by atoms with Gasteiger partial charge in [-0.1, -0.05) is 122 Å². The van der Waals surface area contributed by atoms with Crippen molar-refractivity contribution in [1.82, 2.24) is 0 Å². The van der Waals surface area contributed by atoms with Crippen LogP contribution in [0, 0.1) is 0 Å². The predicted octanol–water partition coefficient (Wildman–Crippen LogP) is 7.44. The molecule has 0 aliphatic heterocycles. The summed E-state index contributed by atoms with van der Waals surface area (Å²) in [5, 5.41) is 11.6. The number of aliphatic carboxylic acids is 1. The highest BCUT2D eigenvalue weighted by Gasteiger charge is 2.21. The molecule has 0 aromatic rings. The molecule has 0 aromatic carbocycles. The normalized spacial score (nSPS) is 13.1. The minimum atomic E-state index is -1.61. The van der Waals surface area contributed by atoms with E-state index in [-0.39, 0.29) is 32.2 Å². The molecule has 2 unspecified atom stereocenters. The Labute approximate surface area is 287 Å². The Hall–Kier alpha value is -1.97. The van der Waals surface area contributed by atoms with Gasteiger partial charge in [0.05, 0.1) is 40.3 Å². The highest BCUT2D eigenvalue weighted by molar-refractivity contribution is 5.70. The molecule has 9 nitrogen and oxygen atoms in total. The molecule has 0 aliphatic rings. The number of carboxylic acids is 1. The number of ether oxygens (including phenoxy) is 4. The number of hydrogen-bond acceptors (Lipinski definition) is 8. The quantitative estimate of drug-likeness (QED) is 0.0229. The van der Waals surface area contributed by atoms with Crippen molar-refractivity contribution in [2.24, 2.45) is 0 Å². The molecular formula is C38H71NO8. The van der Waals surface area contributed by atoms with Gasteiger partial charge in [0.2, 0.25) is 0 Å². The van der Waals surface area contributed by atoms with Gasteiger partial charge in [-0.3, -0.25) is 9.59 Å². The van der Waals surface area contributed by atoms with E-state index in [9.17, 15) is 19.5 Å². The molecule has 0 aromatic heterocycles. The van der Waals surface area contributed by atoms with Crippen molar-refractivity contribution in [3.8, 4) is 0 Å². The number of allylic oxidation sites excluding steroid dienone is 2. The Kier molecular flexibility index (Phi) is 30.0. The fourth-order valence-corrected chi connectivity index (χ4v) is 4.98. The molecule has 0 saturated heterocycles. The van der Waals surface area contributed by atoms with E-state index >= 15 is 0 Å². The van der Waals surface area contributed by atoms with Gasteiger partial charge < -0.3 is 33.3 Å². The lowest BCUT2D eigenvalue weighted by Crippen LogP contribution is -2.44. The summed E-state index contributed by atoms with van der Waals surface area (Å²) in [6.45, 7) is 4.66. The Morgan fingerprint density at radius 2 is 1.11 bits per heavy atom. The second-order valence-corrected chi connectivity index (χ2v) is 13.9. The van der Waals surface area contributed by atoms with E-state index < -0.39 is 24.3 Å².